The number of amides is 2. The quantitative estimate of drug-likeness (QED) is 0.727. The molecule has 0 aliphatic heterocycles. The molecule has 0 atom stereocenters. The van der Waals surface area contributed by atoms with Crippen LogP contribution in [0.1, 0.15) is 41.3 Å². The molecule has 0 saturated carbocycles. The lowest BCUT2D eigenvalue weighted by atomic mass is 10.0. The molecular weight excluding hydrogens is 344 g/mol. The topological polar surface area (TPSA) is 84.5 Å². The molecule has 2 rings (SSSR count). The fourth-order valence-electron chi connectivity index (χ4n) is 2.65. The van der Waals surface area contributed by atoms with Crippen molar-refractivity contribution in [1.29, 1.82) is 0 Å². The van der Waals surface area contributed by atoms with Gasteiger partial charge >= 0.3 is 0 Å². The molecule has 2 amide bonds. The van der Waals surface area contributed by atoms with Gasteiger partial charge in [0, 0.05) is 31.1 Å². The van der Waals surface area contributed by atoms with E-state index in [1.807, 2.05) is 26.0 Å². The monoisotopic (exact) mass is 368 g/mol. The van der Waals surface area contributed by atoms with Crippen molar-refractivity contribution in [2.75, 3.05) is 17.7 Å². The SMILES string of the molecule is COc1ccc(C)cc1C(=O)CCC(=O)Nc1cc(NC(C)=O)ccc1C. The number of carbonyl (C=O) groups excluding carboxylic acids is 3. The molecule has 6 heteroatoms. The molecule has 2 N–H and O–H groups in total. The van der Waals surface area contributed by atoms with Crippen molar-refractivity contribution >= 4 is 29.0 Å². The van der Waals surface area contributed by atoms with Crippen LogP contribution in [0, 0.1) is 13.8 Å². The molecule has 0 aromatic heterocycles. The lowest BCUT2D eigenvalue weighted by Gasteiger charge is -2.11. The second-order valence-corrected chi connectivity index (χ2v) is 6.39. The molecule has 0 saturated heterocycles. The average Bonchev–Trinajstić information content (AvgIpc) is 2.62. The van der Waals surface area contributed by atoms with Gasteiger partial charge in [0.1, 0.15) is 5.75 Å². The van der Waals surface area contributed by atoms with Crippen molar-refractivity contribution in [2.45, 2.75) is 33.6 Å². The van der Waals surface area contributed by atoms with Crippen LogP contribution in [-0.4, -0.2) is 24.7 Å². The summed E-state index contributed by atoms with van der Waals surface area (Å²) in [6, 6.07) is 10.6. The van der Waals surface area contributed by atoms with E-state index in [0.717, 1.165) is 11.1 Å². The van der Waals surface area contributed by atoms with E-state index in [0.29, 0.717) is 22.7 Å². The number of benzene rings is 2. The van der Waals surface area contributed by atoms with Gasteiger partial charge in [-0.25, -0.2) is 0 Å². The summed E-state index contributed by atoms with van der Waals surface area (Å²) in [4.78, 5) is 35.9. The highest BCUT2D eigenvalue weighted by atomic mass is 16.5. The molecule has 0 bridgehead atoms. The van der Waals surface area contributed by atoms with Crippen molar-refractivity contribution in [3.05, 3.63) is 53.1 Å². The van der Waals surface area contributed by atoms with E-state index in [9.17, 15) is 14.4 Å². The third kappa shape index (κ3) is 5.67. The number of aryl methyl sites for hydroxylation is 2. The smallest absolute Gasteiger partial charge is 0.224 e. The van der Waals surface area contributed by atoms with Crippen molar-refractivity contribution < 1.29 is 19.1 Å². The minimum atomic E-state index is -0.266. The summed E-state index contributed by atoms with van der Waals surface area (Å²) in [6.45, 7) is 5.17. The van der Waals surface area contributed by atoms with Crippen LogP contribution >= 0.6 is 0 Å². The lowest BCUT2D eigenvalue weighted by Crippen LogP contribution is -2.15. The number of hydrogen-bond acceptors (Lipinski definition) is 4. The molecule has 27 heavy (non-hydrogen) atoms. The first-order valence-electron chi connectivity index (χ1n) is 8.66. The molecule has 0 aliphatic rings. The van der Waals surface area contributed by atoms with Gasteiger partial charge in [-0.15, -0.1) is 0 Å². The van der Waals surface area contributed by atoms with Gasteiger partial charge in [-0.05, 0) is 43.7 Å². The summed E-state index contributed by atoms with van der Waals surface area (Å²) < 4.78 is 5.23. The molecular formula is C21H24N2O4. The van der Waals surface area contributed by atoms with E-state index in [1.165, 1.54) is 14.0 Å². The summed E-state index contributed by atoms with van der Waals surface area (Å²) >= 11 is 0. The molecule has 2 aromatic rings. The Morgan fingerprint density at radius 2 is 1.70 bits per heavy atom. The third-order valence-corrected chi connectivity index (χ3v) is 4.07. The molecule has 6 nitrogen and oxygen atoms in total. The Bertz CT molecular complexity index is 874. The van der Waals surface area contributed by atoms with E-state index >= 15 is 0 Å². The number of ketones is 1. The molecule has 0 unspecified atom stereocenters. The Hall–Kier alpha value is -3.15. The Kier molecular flexibility index (Phi) is 6.71. The zero-order valence-corrected chi connectivity index (χ0v) is 16.0. The fraction of sp³-hybridized carbons (Fsp3) is 0.286. The molecule has 0 spiro atoms. The molecule has 0 fully saturated rings. The largest absolute Gasteiger partial charge is 0.496 e. The van der Waals surface area contributed by atoms with Crippen LogP contribution in [0.25, 0.3) is 0 Å². The van der Waals surface area contributed by atoms with Gasteiger partial charge in [0.2, 0.25) is 11.8 Å². The Morgan fingerprint density at radius 1 is 0.963 bits per heavy atom. The second-order valence-electron chi connectivity index (χ2n) is 6.39. The van der Waals surface area contributed by atoms with Gasteiger partial charge in [-0.2, -0.15) is 0 Å². The Balaban J connectivity index is 2.01. The Labute approximate surface area is 158 Å². The zero-order valence-electron chi connectivity index (χ0n) is 16.0. The first-order valence-corrected chi connectivity index (χ1v) is 8.66. The van der Waals surface area contributed by atoms with Gasteiger partial charge in [0.15, 0.2) is 5.78 Å². The van der Waals surface area contributed by atoms with Gasteiger partial charge in [0.05, 0.1) is 12.7 Å². The normalized spacial score (nSPS) is 10.2. The van der Waals surface area contributed by atoms with Crippen LogP contribution in [0.5, 0.6) is 5.75 Å². The maximum absolute atomic E-state index is 12.5. The summed E-state index contributed by atoms with van der Waals surface area (Å²) in [5, 5.41) is 5.47. The predicted octanol–water partition coefficient (Wildman–Crippen LogP) is 3.87. The maximum Gasteiger partial charge on any atom is 0.224 e. The number of anilines is 2. The average molecular weight is 368 g/mol. The van der Waals surface area contributed by atoms with Gasteiger partial charge in [-0.1, -0.05) is 17.7 Å². The molecule has 0 radical (unpaired) electrons. The zero-order chi connectivity index (χ0) is 20.0. The Morgan fingerprint density at radius 3 is 2.37 bits per heavy atom. The second kappa shape index (κ2) is 8.98. The van der Waals surface area contributed by atoms with Crippen molar-refractivity contribution in [2.24, 2.45) is 0 Å². The number of nitrogens with one attached hydrogen (secondary N) is 2. The predicted molar refractivity (Wildman–Crippen MR) is 105 cm³/mol. The van der Waals surface area contributed by atoms with Gasteiger partial charge in [0.25, 0.3) is 0 Å². The summed E-state index contributed by atoms with van der Waals surface area (Å²) in [6.07, 6.45) is 0.135. The highest BCUT2D eigenvalue weighted by Crippen LogP contribution is 2.23. The van der Waals surface area contributed by atoms with Crippen LogP contribution in [-0.2, 0) is 9.59 Å². The minimum absolute atomic E-state index is 0.0553. The number of methoxy groups -OCH3 is 1. The van der Waals surface area contributed by atoms with Gasteiger partial charge < -0.3 is 15.4 Å². The van der Waals surface area contributed by atoms with Crippen LogP contribution in [0.15, 0.2) is 36.4 Å². The maximum atomic E-state index is 12.5. The fourth-order valence-corrected chi connectivity index (χ4v) is 2.65. The summed E-state index contributed by atoms with van der Waals surface area (Å²) in [5.74, 6) is -0.0915. The summed E-state index contributed by atoms with van der Waals surface area (Å²) in [5.41, 5.74) is 3.50. The van der Waals surface area contributed by atoms with Crippen LogP contribution in [0.2, 0.25) is 0 Å². The standard InChI is InChI=1S/C21H24N2O4/c1-13-5-9-20(27-4)17(11-13)19(25)8-10-21(26)23-18-12-16(22-15(3)24)7-6-14(18)2/h5-7,9,11-12H,8,10H2,1-4H3,(H,22,24)(H,23,26). The van der Waals surface area contributed by atoms with Gasteiger partial charge in [-0.3, -0.25) is 14.4 Å². The van der Waals surface area contributed by atoms with Crippen molar-refractivity contribution in [3.8, 4) is 5.75 Å². The van der Waals surface area contributed by atoms with E-state index in [1.54, 1.807) is 24.3 Å². The first kappa shape index (κ1) is 20.2. The highest BCUT2D eigenvalue weighted by Gasteiger charge is 2.15. The van der Waals surface area contributed by atoms with Crippen LogP contribution in [0.4, 0.5) is 11.4 Å². The van der Waals surface area contributed by atoms with E-state index in [-0.39, 0.29) is 30.4 Å². The van der Waals surface area contributed by atoms with E-state index in [4.69, 9.17) is 4.74 Å². The van der Waals surface area contributed by atoms with Crippen LogP contribution in [0.3, 0.4) is 0 Å². The van der Waals surface area contributed by atoms with Crippen molar-refractivity contribution in [3.63, 3.8) is 0 Å². The number of carbonyl (C=O) groups is 3. The highest BCUT2D eigenvalue weighted by molar-refractivity contribution is 6.02. The molecule has 0 heterocycles. The summed E-state index contributed by atoms with van der Waals surface area (Å²) in [7, 11) is 1.51. The number of ether oxygens (including phenoxy) is 1. The number of rotatable bonds is 7. The van der Waals surface area contributed by atoms with Crippen LogP contribution < -0.4 is 15.4 Å². The molecule has 2 aromatic carbocycles. The lowest BCUT2D eigenvalue weighted by molar-refractivity contribution is -0.116. The van der Waals surface area contributed by atoms with E-state index < -0.39 is 0 Å². The first-order chi connectivity index (χ1) is 12.8. The molecule has 0 aliphatic carbocycles. The third-order valence-electron chi connectivity index (χ3n) is 4.07. The minimum Gasteiger partial charge on any atom is -0.496 e. The number of hydrogen-bond donors (Lipinski definition) is 2. The molecule has 142 valence electrons. The number of Topliss-reactive ketones (excluding diaryl/α,β-unsaturated/α-hetero) is 1. The van der Waals surface area contributed by atoms with E-state index in [2.05, 4.69) is 10.6 Å². The van der Waals surface area contributed by atoms with Crippen molar-refractivity contribution in [1.82, 2.24) is 0 Å².